The summed E-state index contributed by atoms with van der Waals surface area (Å²) in [5.74, 6) is -1.95. The van der Waals surface area contributed by atoms with Crippen LogP contribution in [0.4, 0.5) is 10.1 Å². The van der Waals surface area contributed by atoms with E-state index in [2.05, 4.69) is 4.90 Å². The van der Waals surface area contributed by atoms with Gasteiger partial charge < -0.3 is 10.0 Å². The van der Waals surface area contributed by atoms with E-state index in [1.54, 1.807) is 6.07 Å². The Kier molecular flexibility index (Phi) is 4.58. The van der Waals surface area contributed by atoms with Crippen LogP contribution in [0.2, 0.25) is 0 Å². The Hall–Kier alpha value is -2.36. The van der Waals surface area contributed by atoms with E-state index in [4.69, 9.17) is 5.11 Å². The molecule has 110 valence electrons. The molecule has 2 aromatic carbocycles. The van der Waals surface area contributed by atoms with Crippen molar-refractivity contribution in [2.24, 2.45) is 0 Å². The van der Waals surface area contributed by atoms with Gasteiger partial charge in [-0.3, -0.25) is 0 Å². The van der Waals surface area contributed by atoms with Crippen molar-refractivity contribution >= 4 is 11.7 Å². The Labute approximate surface area is 123 Å². The van der Waals surface area contributed by atoms with E-state index in [1.807, 2.05) is 38.1 Å². The number of aryl methyl sites for hydroxylation is 1. The minimum atomic E-state index is -1.24. The van der Waals surface area contributed by atoms with Gasteiger partial charge in [0.1, 0.15) is 5.82 Å². The average molecular weight is 287 g/mol. The second kappa shape index (κ2) is 6.39. The molecule has 2 rings (SSSR count). The highest BCUT2D eigenvalue weighted by Gasteiger charge is 2.12. The van der Waals surface area contributed by atoms with Gasteiger partial charge in [-0.25, -0.2) is 9.18 Å². The molecule has 0 atom stereocenters. The van der Waals surface area contributed by atoms with Gasteiger partial charge in [-0.15, -0.1) is 0 Å². The van der Waals surface area contributed by atoms with Crippen molar-refractivity contribution in [1.82, 2.24) is 0 Å². The highest BCUT2D eigenvalue weighted by molar-refractivity contribution is 5.88. The summed E-state index contributed by atoms with van der Waals surface area (Å²) in [4.78, 5) is 13.1. The lowest BCUT2D eigenvalue weighted by atomic mass is 10.1. The van der Waals surface area contributed by atoms with Gasteiger partial charge in [0.15, 0.2) is 0 Å². The van der Waals surface area contributed by atoms with Crippen LogP contribution in [0.5, 0.6) is 0 Å². The first-order chi connectivity index (χ1) is 10.0. The predicted molar refractivity (Wildman–Crippen MR) is 81.3 cm³/mol. The Bertz CT molecular complexity index is 638. The molecule has 0 heterocycles. The summed E-state index contributed by atoms with van der Waals surface area (Å²) in [6, 6.07) is 12.4. The molecule has 3 nitrogen and oxygen atoms in total. The van der Waals surface area contributed by atoms with Crippen LogP contribution in [0.25, 0.3) is 0 Å². The molecule has 0 aliphatic carbocycles. The number of hydrogen-bond donors (Lipinski definition) is 1. The second-order valence-electron chi connectivity index (χ2n) is 4.97. The van der Waals surface area contributed by atoms with Crippen LogP contribution in [-0.2, 0) is 6.54 Å². The Morgan fingerprint density at radius 3 is 2.43 bits per heavy atom. The maximum absolute atomic E-state index is 13.4. The molecule has 0 fully saturated rings. The molecule has 0 aliphatic rings. The second-order valence-corrected chi connectivity index (χ2v) is 4.97. The summed E-state index contributed by atoms with van der Waals surface area (Å²) >= 11 is 0. The topological polar surface area (TPSA) is 40.5 Å². The molecule has 0 aromatic heterocycles. The fraction of sp³-hybridized carbons (Fsp3) is 0.235. The molecule has 0 saturated carbocycles. The number of nitrogens with zero attached hydrogens (tertiary/aromatic N) is 1. The van der Waals surface area contributed by atoms with Crippen LogP contribution < -0.4 is 4.90 Å². The van der Waals surface area contributed by atoms with Crippen molar-refractivity contribution in [3.05, 3.63) is 65.0 Å². The van der Waals surface area contributed by atoms with Crippen LogP contribution >= 0.6 is 0 Å². The molecule has 0 unspecified atom stereocenters. The third-order valence-corrected chi connectivity index (χ3v) is 3.42. The summed E-state index contributed by atoms with van der Waals surface area (Å²) < 4.78 is 13.4. The summed E-state index contributed by atoms with van der Waals surface area (Å²) in [7, 11) is 0. The van der Waals surface area contributed by atoms with E-state index >= 15 is 0 Å². The van der Waals surface area contributed by atoms with E-state index in [9.17, 15) is 9.18 Å². The lowest BCUT2D eigenvalue weighted by Crippen LogP contribution is -2.22. The summed E-state index contributed by atoms with van der Waals surface area (Å²) in [5.41, 5.74) is 2.73. The maximum atomic E-state index is 13.4. The summed E-state index contributed by atoms with van der Waals surface area (Å²) in [6.45, 7) is 5.38. The number of carboxylic acid groups (broad SMARTS) is 1. The Morgan fingerprint density at radius 2 is 1.86 bits per heavy atom. The lowest BCUT2D eigenvalue weighted by Gasteiger charge is -2.23. The summed E-state index contributed by atoms with van der Waals surface area (Å²) in [5, 5.41) is 8.98. The number of halogens is 1. The number of aromatic carboxylic acids is 1. The van der Waals surface area contributed by atoms with E-state index in [1.165, 1.54) is 17.7 Å². The quantitative estimate of drug-likeness (QED) is 0.907. The van der Waals surface area contributed by atoms with Crippen molar-refractivity contribution in [2.75, 3.05) is 11.4 Å². The third-order valence-electron chi connectivity index (χ3n) is 3.42. The fourth-order valence-electron chi connectivity index (χ4n) is 2.20. The average Bonchev–Trinajstić information content (AvgIpc) is 2.47. The van der Waals surface area contributed by atoms with Crippen LogP contribution in [-0.4, -0.2) is 17.6 Å². The molecule has 0 saturated heterocycles. The molecular formula is C17H18FNO2. The van der Waals surface area contributed by atoms with Crippen molar-refractivity contribution in [1.29, 1.82) is 0 Å². The molecular weight excluding hydrogens is 269 g/mol. The molecule has 21 heavy (non-hydrogen) atoms. The largest absolute Gasteiger partial charge is 0.478 e. The fourth-order valence-corrected chi connectivity index (χ4v) is 2.20. The normalized spacial score (nSPS) is 10.4. The zero-order chi connectivity index (χ0) is 15.4. The molecule has 0 spiro atoms. The van der Waals surface area contributed by atoms with Crippen LogP contribution in [0, 0.1) is 12.7 Å². The first-order valence-corrected chi connectivity index (χ1v) is 6.84. The van der Waals surface area contributed by atoms with Gasteiger partial charge >= 0.3 is 5.97 Å². The van der Waals surface area contributed by atoms with Gasteiger partial charge in [0, 0.05) is 18.8 Å². The highest BCUT2D eigenvalue weighted by atomic mass is 19.1. The highest BCUT2D eigenvalue weighted by Crippen LogP contribution is 2.19. The minimum absolute atomic E-state index is 0.285. The number of carbonyl (C=O) groups is 1. The van der Waals surface area contributed by atoms with E-state index in [0.29, 0.717) is 6.54 Å². The molecule has 2 aromatic rings. The smallest absolute Gasteiger partial charge is 0.338 e. The van der Waals surface area contributed by atoms with E-state index < -0.39 is 11.8 Å². The van der Waals surface area contributed by atoms with Crippen molar-refractivity contribution in [3.8, 4) is 0 Å². The number of benzene rings is 2. The van der Waals surface area contributed by atoms with Gasteiger partial charge in [0.2, 0.25) is 0 Å². The van der Waals surface area contributed by atoms with Gasteiger partial charge in [-0.2, -0.15) is 0 Å². The van der Waals surface area contributed by atoms with Crippen molar-refractivity contribution in [3.63, 3.8) is 0 Å². The zero-order valence-electron chi connectivity index (χ0n) is 12.1. The van der Waals surface area contributed by atoms with E-state index in [-0.39, 0.29) is 5.56 Å². The third kappa shape index (κ3) is 3.60. The molecule has 0 aliphatic heterocycles. The molecule has 1 N–H and O–H groups in total. The molecule has 0 bridgehead atoms. The predicted octanol–water partition coefficient (Wildman–Crippen LogP) is 3.86. The summed E-state index contributed by atoms with van der Waals surface area (Å²) in [6.07, 6.45) is 0. The maximum Gasteiger partial charge on any atom is 0.338 e. The molecule has 0 radical (unpaired) electrons. The van der Waals surface area contributed by atoms with E-state index in [0.717, 1.165) is 17.8 Å². The SMILES string of the molecule is CCN(Cc1ccc(F)c(C(=O)O)c1)c1ccc(C)cc1. The zero-order valence-corrected chi connectivity index (χ0v) is 12.1. The van der Waals surface area contributed by atoms with Crippen LogP contribution in [0.15, 0.2) is 42.5 Å². The molecule has 4 heteroatoms. The van der Waals surface area contributed by atoms with Crippen LogP contribution in [0.1, 0.15) is 28.4 Å². The first-order valence-electron chi connectivity index (χ1n) is 6.84. The van der Waals surface area contributed by atoms with Gasteiger partial charge in [0.25, 0.3) is 0 Å². The number of anilines is 1. The molecule has 0 amide bonds. The Morgan fingerprint density at radius 1 is 1.19 bits per heavy atom. The monoisotopic (exact) mass is 287 g/mol. The minimum Gasteiger partial charge on any atom is -0.478 e. The van der Waals surface area contributed by atoms with Gasteiger partial charge in [0.05, 0.1) is 5.56 Å². The number of hydrogen-bond acceptors (Lipinski definition) is 2. The first kappa shape index (κ1) is 15.0. The van der Waals surface area contributed by atoms with Gasteiger partial charge in [-0.1, -0.05) is 23.8 Å². The number of carboxylic acids is 1. The van der Waals surface area contributed by atoms with Crippen molar-refractivity contribution < 1.29 is 14.3 Å². The van der Waals surface area contributed by atoms with Crippen LogP contribution in [0.3, 0.4) is 0 Å². The standard InChI is InChI=1S/C17H18FNO2/c1-3-19(14-7-4-12(2)5-8-14)11-13-6-9-16(18)15(10-13)17(20)21/h4-10H,3,11H2,1-2H3,(H,20,21). The Balaban J connectivity index is 2.24. The number of rotatable bonds is 5. The van der Waals surface area contributed by atoms with Gasteiger partial charge in [-0.05, 0) is 43.7 Å². The lowest BCUT2D eigenvalue weighted by molar-refractivity contribution is 0.0691. The van der Waals surface area contributed by atoms with Crippen molar-refractivity contribution in [2.45, 2.75) is 20.4 Å².